The smallest absolute Gasteiger partial charge is 0.354 e. The van der Waals surface area contributed by atoms with Crippen LogP contribution in [-0.4, -0.2) is 52.8 Å². The molecule has 1 aromatic rings. The lowest BCUT2D eigenvalue weighted by Gasteiger charge is -2.31. The molecule has 2 heterocycles. The number of ether oxygens (including phenoxy) is 1. The quantitative estimate of drug-likeness (QED) is 0.883. The van der Waals surface area contributed by atoms with Crippen LogP contribution in [0.3, 0.4) is 0 Å². The van der Waals surface area contributed by atoms with E-state index >= 15 is 0 Å². The zero-order valence-electron chi connectivity index (χ0n) is 11.9. The van der Waals surface area contributed by atoms with Crippen molar-refractivity contribution >= 4 is 17.7 Å². The molecule has 2 rings (SSSR count). The number of carboxylic acids is 1. The number of aromatic nitrogens is 1. The second-order valence-electron chi connectivity index (χ2n) is 4.81. The van der Waals surface area contributed by atoms with Crippen molar-refractivity contribution in [2.75, 3.05) is 25.0 Å². The molecule has 7 heteroatoms. The van der Waals surface area contributed by atoms with E-state index in [9.17, 15) is 9.59 Å². The molecular formula is C14H19N3O4. The number of carboxylic acid groups (broad SMARTS) is 1. The first-order valence-electron chi connectivity index (χ1n) is 6.97. The van der Waals surface area contributed by atoms with Gasteiger partial charge in [0, 0.05) is 19.7 Å². The number of hydrogen-bond acceptors (Lipinski definition) is 4. The maximum atomic E-state index is 12.1. The minimum Gasteiger partial charge on any atom is -0.477 e. The van der Waals surface area contributed by atoms with E-state index < -0.39 is 5.97 Å². The molecule has 1 aliphatic rings. The van der Waals surface area contributed by atoms with Gasteiger partial charge >= 0.3 is 12.0 Å². The van der Waals surface area contributed by atoms with Crippen LogP contribution >= 0.6 is 0 Å². The van der Waals surface area contributed by atoms with Crippen molar-refractivity contribution in [3.63, 3.8) is 0 Å². The van der Waals surface area contributed by atoms with Crippen LogP contribution < -0.4 is 5.32 Å². The first-order valence-corrected chi connectivity index (χ1v) is 6.97. The van der Waals surface area contributed by atoms with Crippen LogP contribution in [0.5, 0.6) is 0 Å². The molecule has 2 N–H and O–H groups in total. The van der Waals surface area contributed by atoms with Crippen molar-refractivity contribution in [2.24, 2.45) is 0 Å². The number of pyridine rings is 1. The number of hydrogen-bond donors (Lipinski definition) is 2. The molecule has 0 aliphatic carbocycles. The molecule has 1 fully saturated rings. The standard InChI is InChI=1S/C14H19N3O4/c1-2-21-11-5-7-17(8-6-11)14(20)16-10-3-4-12(13(18)19)15-9-10/h3-4,9,11H,2,5-8H2,1H3,(H,16,20)(H,18,19). The van der Waals surface area contributed by atoms with Crippen molar-refractivity contribution in [3.8, 4) is 0 Å². The maximum absolute atomic E-state index is 12.1. The highest BCUT2D eigenvalue weighted by molar-refractivity contribution is 5.90. The van der Waals surface area contributed by atoms with Gasteiger partial charge in [0.1, 0.15) is 5.69 Å². The van der Waals surface area contributed by atoms with E-state index in [0.717, 1.165) is 12.8 Å². The fourth-order valence-corrected chi connectivity index (χ4v) is 2.26. The van der Waals surface area contributed by atoms with Gasteiger partial charge in [0.25, 0.3) is 0 Å². The van der Waals surface area contributed by atoms with E-state index in [1.165, 1.54) is 18.3 Å². The van der Waals surface area contributed by atoms with Gasteiger partial charge in [-0.3, -0.25) is 0 Å². The van der Waals surface area contributed by atoms with Crippen LogP contribution in [0.15, 0.2) is 18.3 Å². The summed E-state index contributed by atoms with van der Waals surface area (Å²) in [7, 11) is 0. The Bertz CT molecular complexity index is 495. The summed E-state index contributed by atoms with van der Waals surface area (Å²) in [6.07, 6.45) is 3.24. The Morgan fingerprint density at radius 3 is 2.67 bits per heavy atom. The van der Waals surface area contributed by atoms with Crippen molar-refractivity contribution in [2.45, 2.75) is 25.9 Å². The van der Waals surface area contributed by atoms with Crippen molar-refractivity contribution in [1.29, 1.82) is 0 Å². The number of amides is 2. The second-order valence-corrected chi connectivity index (χ2v) is 4.81. The van der Waals surface area contributed by atoms with E-state index in [2.05, 4.69) is 10.3 Å². The highest BCUT2D eigenvalue weighted by Gasteiger charge is 2.22. The monoisotopic (exact) mass is 293 g/mol. The molecular weight excluding hydrogens is 274 g/mol. The lowest BCUT2D eigenvalue weighted by atomic mass is 10.1. The molecule has 1 aliphatic heterocycles. The zero-order valence-corrected chi connectivity index (χ0v) is 11.9. The fraction of sp³-hybridized carbons (Fsp3) is 0.500. The highest BCUT2D eigenvalue weighted by atomic mass is 16.5. The zero-order chi connectivity index (χ0) is 15.2. The van der Waals surface area contributed by atoms with Crippen LogP contribution in [0, 0.1) is 0 Å². The van der Waals surface area contributed by atoms with Crippen LogP contribution in [0.1, 0.15) is 30.3 Å². The summed E-state index contributed by atoms with van der Waals surface area (Å²) in [6, 6.07) is 2.69. The number of nitrogens with zero attached hydrogens (tertiary/aromatic N) is 2. The Morgan fingerprint density at radius 1 is 1.43 bits per heavy atom. The molecule has 0 unspecified atom stereocenters. The Labute approximate surface area is 122 Å². The average molecular weight is 293 g/mol. The van der Waals surface area contributed by atoms with Gasteiger partial charge in [-0.1, -0.05) is 0 Å². The lowest BCUT2D eigenvalue weighted by molar-refractivity contribution is 0.0232. The highest BCUT2D eigenvalue weighted by Crippen LogP contribution is 2.15. The number of rotatable bonds is 4. The third-order valence-electron chi connectivity index (χ3n) is 3.37. The van der Waals surface area contributed by atoms with Crippen LogP contribution in [0.4, 0.5) is 10.5 Å². The Kier molecular flexibility index (Phi) is 5.10. The number of nitrogens with one attached hydrogen (secondary N) is 1. The molecule has 0 aromatic carbocycles. The van der Waals surface area contributed by atoms with E-state index in [0.29, 0.717) is 25.4 Å². The number of aromatic carboxylic acids is 1. The van der Waals surface area contributed by atoms with Crippen LogP contribution in [0.2, 0.25) is 0 Å². The van der Waals surface area contributed by atoms with Crippen molar-refractivity contribution in [1.82, 2.24) is 9.88 Å². The third-order valence-corrected chi connectivity index (χ3v) is 3.37. The normalized spacial score (nSPS) is 15.8. The molecule has 0 radical (unpaired) electrons. The van der Waals surface area contributed by atoms with Gasteiger partial charge in [0.05, 0.1) is 18.0 Å². The van der Waals surface area contributed by atoms with E-state index in [4.69, 9.17) is 9.84 Å². The third kappa shape index (κ3) is 4.16. The SMILES string of the molecule is CCOC1CCN(C(=O)Nc2ccc(C(=O)O)nc2)CC1. The number of urea groups is 1. The minimum atomic E-state index is -1.09. The van der Waals surface area contributed by atoms with Gasteiger partial charge < -0.3 is 20.1 Å². The number of anilines is 1. The number of carbonyl (C=O) groups excluding carboxylic acids is 1. The summed E-state index contributed by atoms with van der Waals surface area (Å²) in [5.74, 6) is -1.09. The van der Waals surface area contributed by atoms with Crippen LogP contribution in [0.25, 0.3) is 0 Å². The summed E-state index contributed by atoms with van der Waals surface area (Å²) in [5, 5.41) is 11.5. The Morgan fingerprint density at radius 2 is 2.14 bits per heavy atom. The average Bonchev–Trinajstić information content (AvgIpc) is 2.49. The van der Waals surface area contributed by atoms with Gasteiger partial charge in [-0.15, -0.1) is 0 Å². The summed E-state index contributed by atoms with van der Waals surface area (Å²) in [4.78, 5) is 28.3. The predicted octanol–water partition coefficient (Wildman–Crippen LogP) is 1.81. The molecule has 0 saturated carbocycles. The predicted molar refractivity (Wildman–Crippen MR) is 76.4 cm³/mol. The summed E-state index contributed by atoms with van der Waals surface area (Å²) in [6.45, 7) is 3.96. The van der Waals surface area contributed by atoms with Crippen LogP contribution in [-0.2, 0) is 4.74 Å². The van der Waals surface area contributed by atoms with Gasteiger partial charge in [0.15, 0.2) is 0 Å². The van der Waals surface area contributed by atoms with E-state index in [1.807, 2.05) is 6.92 Å². The Balaban J connectivity index is 1.86. The van der Waals surface area contributed by atoms with Gasteiger partial charge in [-0.25, -0.2) is 14.6 Å². The molecule has 7 nitrogen and oxygen atoms in total. The molecule has 1 saturated heterocycles. The maximum Gasteiger partial charge on any atom is 0.354 e. The number of piperidine rings is 1. The topological polar surface area (TPSA) is 91.8 Å². The lowest BCUT2D eigenvalue weighted by Crippen LogP contribution is -2.43. The summed E-state index contributed by atoms with van der Waals surface area (Å²) < 4.78 is 5.54. The minimum absolute atomic E-state index is 0.0504. The number of carbonyl (C=O) groups is 2. The number of likely N-dealkylation sites (tertiary alicyclic amines) is 1. The first-order chi connectivity index (χ1) is 10.1. The van der Waals surface area contributed by atoms with E-state index in [-0.39, 0.29) is 17.8 Å². The van der Waals surface area contributed by atoms with Crippen molar-refractivity contribution in [3.05, 3.63) is 24.0 Å². The Hall–Kier alpha value is -2.15. The first kappa shape index (κ1) is 15.2. The van der Waals surface area contributed by atoms with Crippen molar-refractivity contribution < 1.29 is 19.4 Å². The molecule has 1 aromatic heterocycles. The van der Waals surface area contributed by atoms with Gasteiger partial charge in [-0.2, -0.15) is 0 Å². The molecule has 114 valence electrons. The molecule has 0 bridgehead atoms. The second kappa shape index (κ2) is 7.03. The fourth-order valence-electron chi connectivity index (χ4n) is 2.26. The largest absolute Gasteiger partial charge is 0.477 e. The van der Waals surface area contributed by atoms with Gasteiger partial charge in [-0.05, 0) is 31.9 Å². The summed E-state index contributed by atoms with van der Waals surface area (Å²) in [5.41, 5.74) is 0.433. The summed E-state index contributed by atoms with van der Waals surface area (Å²) >= 11 is 0. The molecule has 0 spiro atoms. The molecule has 2 amide bonds. The van der Waals surface area contributed by atoms with E-state index in [1.54, 1.807) is 4.90 Å². The van der Waals surface area contributed by atoms with Gasteiger partial charge in [0.2, 0.25) is 0 Å². The molecule has 0 atom stereocenters. The molecule has 21 heavy (non-hydrogen) atoms.